The number of nitrogens with one attached hydrogen (secondary N) is 2. The summed E-state index contributed by atoms with van der Waals surface area (Å²) >= 11 is 0. The topological polar surface area (TPSA) is 64.7 Å². The monoisotopic (exact) mass is 568 g/mol. The average molecular weight is 569 g/mol. The van der Waals surface area contributed by atoms with Gasteiger partial charge in [-0.3, -0.25) is 9.59 Å². The fraction of sp³-hybridized carbons (Fsp3) is 0.500. The van der Waals surface area contributed by atoms with Gasteiger partial charge in [-0.05, 0) is 106 Å². The lowest BCUT2D eigenvalue weighted by molar-refractivity contribution is -0.132. The smallest absolute Gasteiger partial charge is 0.235 e. The molecule has 224 valence electrons. The number of rotatable bonds is 12. The summed E-state index contributed by atoms with van der Waals surface area (Å²) < 4.78 is 0. The number of fused-ring (bicyclic) bond motifs is 2. The third kappa shape index (κ3) is 5.42. The Morgan fingerprint density at radius 3 is 2.64 bits per heavy atom. The van der Waals surface area contributed by atoms with Crippen molar-refractivity contribution in [2.24, 2.45) is 11.8 Å². The minimum absolute atomic E-state index is 0.00244. The number of hydrogen-bond acceptors (Lipinski definition) is 4. The Kier molecular flexibility index (Phi) is 8.93. The van der Waals surface area contributed by atoms with E-state index in [-0.39, 0.29) is 23.7 Å². The molecular formula is C36H48N4O2. The van der Waals surface area contributed by atoms with E-state index in [1.807, 2.05) is 49.2 Å². The van der Waals surface area contributed by atoms with Gasteiger partial charge in [0, 0.05) is 43.5 Å². The third-order valence-corrected chi connectivity index (χ3v) is 10.0. The van der Waals surface area contributed by atoms with Crippen LogP contribution in [-0.4, -0.2) is 60.9 Å². The lowest BCUT2D eigenvalue weighted by Gasteiger charge is -2.30. The second-order valence-electron chi connectivity index (χ2n) is 12.4. The van der Waals surface area contributed by atoms with Crippen LogP contribution in [0.3, 0.4) is 0 Å². The Labute approximate surface area is 252 Å². The average Bonchev–Trinajstić information content (AvgIpc) is 3.35. The minimum atomic E-state index is -0.631. The molecule has 2 N–H and O–H groups in total. The molecule has 1 saturated heterocycles. The van der Waals surface area contributed by atoms with Crippen molar-refractivity contribution in [3.8, 4) is 11.1 Å². The van der Waals surface area contributed by atoms with Gasteiger partial charge in [-0.1, -0.05) is 49.9 Å². The molecule has 1 saturated carbocycles. The van der Waals surface area contributed by atoms with Crippen LogP contribution in [0.5, 0.6) is 0 Å². The predicted molar refractivity (Wildman–Crippen MR) is 173 cm³/mol. The Balaban J connectivity index is 1.40. The zero-order chi connectivity index (χ0) is 30.0. The Bertz CT molecular complexity index is 1370. The number of benzene rings is 2. The van der Waals surface area contributed by atoms with E-state index < -0.39 is 5.41 Å². The van der Waals surface area contributed by atoms with E-state index in [1.54, 1.807) is 0 Å². The summed E-state index contributed by atoms with van der Waals surface area (Å²) in [4.78, 5) is 31.9. The number of anilines is 1. The molecule has 6 nitrogen and oxygen atoms in total. The van der Waals surface area contributed by atoms with Crippen molar-refractivity contribution in [3.05, 3.63) is 71.4 Å². The highest BCUT2D eigenvalue weighted by molar-refractivity contribution is 6.11. The second-order valence-corrected chi connectivity index (χ2v) is 12.4. The van der Waals surface area contributed by atoms with Crippen LogP contribution >= 0.6 is 0 Å². The highest BCUT2D eigenvalue weighted by Gasteiger charge is 2.67. The number of amides is 2. The van der Waals surface area contributed by atoms with Gasteiger partial charge in [0.15, 0.2) is 0 Å². The van der Waals surface area contributed by atoms with E-state index in [1.165, 1.54) is 25.9 Å². The quantitative estimate of drug-likeness (QED) is 0.309. The summed E-state index contributed by atoms with van der Waals surface area (Å²) in [5.41, 5.74) is 6.64. The predicted octanol–water partition coefficient (Wildman–Crippen LogP) is 6.45. The first-order chi connectivity index (χ1) is 20.3. The molecule has 2 aliphatic heterocycles. The highest BCUT2D eigenvalue weighted by Crippen LogP contribution is 2.64. The largest absolute Gasteiger partial charge is 0.388 e. The van der Waals surface area contributed by atoms with Crippen LogP contribution in [0.4, 0.5) is 5.69 Å². The standard InChI is InChI=1S/C36H48N4O2/c1-7-26-14-12-15-27(22-26)29-16-13-17-31-32(29)36(35(42)38-31)23-30(36)33(37-9-3)24(4)25(5)34(41)39(6)21-18-28(8-2)40-19-10-11-20-40/h7,12-17,22,25,28,30,37H,1,8-11,18-21,23H2,2-6H3,(H,38,42)/b33-24-. The van der Waals surface area contributed by atoms with Gasteiger partial charge in [0.1, 0.15) is 0 Å². The van der Waals surface area contributed by atoms with Gasteiger partial charge < -0.3 is 20.4 Å². The molecule has 1 spiro atoms. The van der Waals surface area contributed by atoms with Crippen LogP contribution < -0.4 is 10.6 Å². The molecule has 2 aromatic rings. The van der Waals surface area contributed by atoms with Gasteiger partial charge in [-0.15, -0.1) is 0 Å². The lowest BCUT2D eigenvalue weighted by atomic mass is 9.85. The summed E-state index contributed by atoms with van der Waals surface area (Å²) in [7, 11) is 1.94. The lowest BCUT2D eigenvalue weighted by Crippen LogP contribution is -2.39. The summed E-state index contributed by atoms with van der Waals surface area (Å²) in [6.45, 7) is 16.2. The maximum absolute atomic E-state index is 13.7. The summed E-state index contributed by atoms with van der Waals surface area (Å²) in [6, 6.07) is 15.0. The van der Waals surface area contributed by atoms with Crippen molar-refractivity contribution in [1.82, 2.24) is 15.1 Å². The molecule has 2 heterocycles. The molecule has 0 aromatic heterocycles. The number of allylic oxidation sites excluding steroid dienone is 1. The molecule has 1 aliphatic carbocycles. The molecule has 3 aliphatic rings. The molecule has 2 amide bonds. The van der Waals surface area contributed by atoms with E-state index in [9.17, 15) is 9.59 Å². The number of likely N-dealkylation sites (tertiary alicyclic amines) is 1. The van der Waals surface area contributed by atoms with Gasteiger partial charge >= 0.3 is 0 Å². The van der Waals surface area contributed by atoms with Gasteiger partial charge in [-0.25, -0.2) is 0 Å². The zero-order valence-corrected chi connectivity index (χ0v) is 26.1. The van der Waals surface area contributed by atoms with E-state index in [0.717, 1.165) is 71.6 Å². The fourth-order valence-corrected chi connectivity index (χ4v) is 7.38. The van der Waals surface area contributed by atoms with Gasteiger partial charge in [0.05, 0.1) is 11.3 Å². The summed E-state index contributed by atoms with van der Waals surface area (Å²) in [5.74, 6) is -0.0617. The maximum Gasteiger partial charge on any atom is 0.235 e. The molecular weight excluding hydrogens is 520 g/mol. The van der Waals surface area contributed by atoms with Gasteiger partial charge in [0.25, 0.3) is 0 Å². The number of hydrogen-bond donors (Lipinski definition) is 2. The van der Waals surface area contributed by atoms with Crippen molar-refractivity contribution in [1.29, 1.82) is 0 Å². The summed E-state index contributed by atoms with van der Waals surface area (Å²) in [6.07, 6.45) is 7.28. The Morgan fingerprint density at radius 1 is 1.21 bits per heavy atom. The van der Waals surface area contributed by atoms with E-state index >= 15 is 0 Å². The first-order valence-corrected chi connectivity index (χ1v) is 15.9. The van der Waals surface area contributed by atoms with Crippen molar-refractivity contribution in [2.75, 3.05) is 38.5 Å². The normalized spacial score (nSPS) is 23.2. The second kappa shape index (κ2) is 12.5. The Hall–Kier alpha value is -3.38. The van der Waals surface area contributed by atoms with Crippen LogP contribution in [-0.2, 0) is 15.0 Å². The zero-order valence-electron chi connectivity index (χ0n) is 26.1. The molecule has 42 heavy (non-hydrogen) atoms. The molecule has 0 radical (unpaired) electrons. The molecule has 2 fully saturated rings. The van der Waals surface area contributed by atoms with Crippen LogP contribution in [0, 0.1) is 11.8 Å². The molecule has 4 atom stereocenters. The minimum Gasteiger partial charge on any atom is -0.388 e. The van der Waals surface area contributed by atoms with Crippen LogP contribution in [0.15, 0.2) is 60.3 Å². The molecule has 0 bridgehead atoms. The number of carbonyl (C=O) groups excluding carboxylic acids is 2. The number of nitrogens with zero attached hydrogens (tertiary/aromatic N) is 2. The van der Waals surface area contributed by atoms with E-state index in [2.05, 4.69) is 61.1 Å². The highest BCUT2D eigenvalue weighted by atomic mass is 16.2. The molecule has 6 heteroatoms. The summed E-state index contributed by atoms with van der Waals surface area (Å²) in [5, 5.41) is 6.80. The van der Waals surface area contributed by atoms with Crippen molar-refractivity contribution < 1.29 is 9.59 Å². The van der Waals surface area contributed by atoms with Crippen LogP contribution in [0.2, 0.25) is 0 Å². The maximum atomic E-state index is 13.7. The fourth-order valence-electron chi connectivity index (χ4n) is 7.38. The third-order valence-electron chi connectivity index (χ3n) is 10.0. The first-order valence-electron chi connectivity index (χ1n) is 15.9. The number of carbonyl (C=O) groups is 2. The van der Waals surface area contributed by atoms with Crippen LogP contribution in [0.1, 0.15) is 70.9 Å². The molecule has 2 aromatic carbocycles. The SMILES string of the molecule is C=Cc1cccc(-c2cccc3c2C2(CC2/C(NCC)=C(\C)C(C)C(=O)N(C)CCC(CC)N2CCCC2)C(=O)N3)c1. The van der Waals surface area contributed by atoms with E-state index in [4.69, 9.17) is 0 Å². The molecule has 5 rings (SSSR count). The van der Waals surface area contributed by atoms with Crippen LogP contribution in [0.25, 0.3) is 17.2 Å². The van der Waals surface area contributed by atoms with Crippen molar-refractivity contribution >= 4 is 23.6 Å². The van der Waals surface area contributed by atoms with Gasteiger partial charge in [0.2, 0.25) is 11.8 Å². The first kappa shape index (κ1) is 30.1. The van der Waals surface area contributed by atoms with Crippen molar-refractivity contribution in [2.45, 2.75) is 71.3 Å². The van der Waals surface area contributed by atoms with E-state index in [0.29, 0.717) is 6.04 Å². The Morgan fingerprint density at radius 2 is 1.95 bits per heavy atom. The van der Waals surface area contributed by atoms with Crippen molar-refractivity contribution in [3.63, 3.8) is 0 Å². The molecule has 4 unspecified atom stereocenters. The van der Waals surface area contributed by atoms with Gasteiger partial charge in [-0.2, -0.15) is 0 Å².